The number of ether oxygens (including phenoxy) is 1. The standard InChI is InChI=1S/C18H22N2O3S/c1-20(12-17-19-14-7-3-5-9-16(14)24-17)10-11-23-15-8-4-2-6-13(15)18(21)22/h2,4,6,8H,3,5,7,9-12H2,1H3,(H,21,22). The summed E-state index contributed by atoms with van der Waals surface area (Å²) in [6, 6.07) is 6.73. The predicted molar refractivity (Wildman–Crippen MR) is 94.0 cm³/mol. The summed E-state index contributed by atoms with van der Waals surface area (Å²) in [7, 11) is 2.03. The molecule has 0 unspecified atom stereocenters. The molecular formula is C18H22N2O3S. The summed E-state index contributed by atoms with van der Waals surface area (Å²) in [6.07, 6.45) is 4.82. The number of benzene rings is 1. The molecule has 1 aromatic carbocycles. The first kappa shape index (κ1) is 16.9. The van der Waals surface area contributed by atoms with Gasteiger partial charge in [0.2, 0.25) is 0 Å². The molecule has 1 aliphatic rings. The molecule has 0 fully saturated rings. The molecular weight excluding hydrogens is 324 g/mol. The molecule has 3 rings (SSSR count). The number of likely N-dealkylation sites (N-methyl/N-ethyl adjacent to an activating group) is 1. The van der Waals surface area contributed by atoms with E-state index in [4.69, 9.17) is 14.8 Å². The molecule has 1 N–H and O–H groups in total. The fourth-order valence-corrected chi connectivity index (χ4v) is 4.10. The van der Waals surface area contributed by atoms with Crippen LogP contribution in [0.15, 0.2) is 24.3 Å². The van der Waals surface area contributed by atoms with E-state index in [1.165, 1.54) is 29.8 Å². The molecule has 5 nitrogen and oxygen atoms in total. The molecule has 1 aliphatic carbocycles. The van der Waals surface area contributed by atoms with Crippen molar-refractivity contribution < 1.29 is 14.6 Å². The van der Waals surface area contributed by atoms with Gasteiger partial charge < -0.3 is 9.84 Å². The molecule has 2 aromatic rings. The van der Waals surface area contributed by atoms with Gasteiger partial charge in [0.05, 0.1) is 12.2 Å². The Bertz CT molecular complexity index is 691. The van der Waals surface area contributed by atoms with Crippen molar-refractivity contribution in [2.45, 2.75) is 32.2 Å². The van der Waals surface area contributed by atoms with Crippen LogP contribution in [0.4, 0.5) is 0 Å². The lowest BCUT2D eigenvalue weighted by Crippen LogP contribution is -2.24. The second-order valence-electron chi connectivity index (χ2n) is 6.07. The van der Waals surface area contributed by atoms with Crippen LogP contribution in [0.5, 0.6) is 5.75 Å². The maximum Gasteiger partial charge on any atom is 0.339 e. The number of carboxylic acid groups (broad SMARTS) is 1. The topological polar surface area (TPSA) is 62.7 Å². The van der Waals surface area contributed by atoms with E-state index in [9.17, 15) is 4.79 Å². The summed E-state index contributed by atoms with van der Waals surface area (Å²) in [5, 5.41) is 10.3. The smallest absolute Gasteiger partial charge is 0.339 e. The molecule has 1 heterocycles. The Labute approximate surface area is 145 Å². The highest BCUT2D eigenvalue weighted by atomic mass is 32.1. The first-order valence-corrected chi connectivity index (χ1v) is 9.06. The molecule has 0 atom stereocenters. The van der Waals surface area contributed by atoms with Crippen molar-refractivity contribution in [3.05, 3.63) is 45.4 Å². The van der Waals surface area contributed by atoms with Gasteiger partial charge in [0.1, 0.15) is 22.9 Å². The van der Waals surface area contributed by atoms with Gasteiger partial charge in [-0.05, 0) is 44.9 Å². The Hall–Kier alpha value is -1.92. The molecule has 0 bridgehead atoms. The first-order chi connectivity index (χ1) is 11.6. The zero-order valence-corrected chi connectivity index (χ0v) is 14.6. The minimum atomic E-state index is -0.965. The van der Waals surface area contributed by atoms with Gasteiger partial charge in [0.15, 0.2) is 0 Å². The molecule has 0 aliphatic heterocycles. The van der Waals surface area contributed by atoms with Crippen LogP contribution in [0.2, 0.25) is 0 Å². The Morgan fingerprint density at radius 2 is 2.12 bits per heavy atom. The van der Waals surface area contributed by atoms with Crippen molar-refractivity contribution in [3.8, 4) is 5.75 Å². The van der Waals surface area contributed by atoms with Crippen LogP contribution in [0, 0.1) is 0 Å². The van der Waals surface area contributed by atoms with E-state index in [0.717, 1.165) is 24.5 Å². The SMILES string of the molecule is CN(CCOc1ccccc1C(=O)O)Cc1nc2c(s1)CCCC2. The van der Waals surface area contributed by atoms with Gasteiger partial charge in [-0.3, -0.25) is 4.90 Å². The van der Waals surface area contributed by atoms with E-state index < -0.39 is 5.97 Å². The van der Waals surface area contributed by atoms with Crippen molar-refractivity contribution in [3.63, 3.8) is 0 Å². The van der Waals surface area contributed by atoms with Crippen LogP contribution in [0.3, 0.4) is 0 Å². The van der Waals surface area contributed by atoms with Crippen LogP contribution < -0.4 is 4.74 Å². The number of carbonyl (C=O) groups is 1. The number of carboxylic acids is 1. The second-order valence-corrected chi connectivity index (χ2v) is 7.24. The lowest BCUT2D eigenvalue weighted by molar-refractivity contribution is 0.0691. The summed E-state index contributed by atoms with van der Waals surface area (Å²) in [4.78, 5) is 19.5. The summed E-state index contributed by atoms with van der Waals surface area (Å²) in [5.41, 5.74) is 1.49. The highest BCUT2D eigenvalue weighted by molar-refractivity contribution is 7.11. The van der Waals surface area contributed by atoms with Gasteiger partial charge in [0, 0.05) is 11.4 Å². The number of aromatic carboxylic acids is 1. The third kappa shape index (κ3) is 4.13. The maximum atomic E-state index is 11.2. The first-order valence-electron chi connectivity index (χ1n) is 8.24. The van der Waals surface area contributed by atoms with Crippen molar-refractivity contribution >= 4 is 17.3 Å². The molecule has 0 radical (unpaired) electrons. The normalized spacial score (nSPS) is 13.8. The highest BCUT2D eigenvalue weighted by Gasteiger charge is 2.16. The largest absolute Gasteiger partial charge is 0.491 e. The fourth-order valence-electron chi connectivity index (χ4n) is 2.86. The number of fused-ring (bicyclic) bond motifs is 1. The number of aromatic nitrogens is 1. The number of aryl methyl sites for hydroxylation is 2. The van der Waals surface area contributed by atoms with E-state index in [1.54, 1.807) is 24.3 Å². The zero-order valence-electron chi connectivity index (χ0n) is 13.8. The minimum Gasteiger partial charge on any atom is -0.491 e. The molecule has 6 heteroatoms. The third-order valence-corrected chi connectivity index (χ3v) is 5.29. The number of para-hydroxylation sites is 1. The maximum absolute atomic E-state index is 11.2. The van der Waals surface area contributed by atoms with E-state index in [-0.39, 0.29) is 5.56 Å². The lowest BCUT2D eigenvalue weighted by Gasteiger charge is -2.16. The molecule has 24 heavy (non-hydrogen) atoms. The number of thiazole rings is 1. The summed E-state index contributed by atoms with van der Waals surface area (Å²) in [5.74, 6) is -0.546. The van der Waals surface area contributed by atoms with Gasteiger partial charge >= 0.3 is 5.97 Å². The third-order valence-electron chi connectivity index (χ3n) is 4.14. The number of rotatable bonds is 7. The molecule has 0 saturated carbocycles. The van der Waals surface area contributed by atoms with Crippen molar-refractivity contribution in [1.29, 1.82) is 0 Å². The second kappa shape index (κ2) is 7.77. The summed E-state index contributed by atoms with van der Waals surface area (Å²) in [6.45, 7) is 1.98. The van der Waals surface area contributed by atoms with Gasteiger partial charge in [0.25, 0.3) is 0 Å². The van der Waals surface area contributed by atoms with Crippen LogP contribution in [0.1, 0.15) is 38.8 Å². The van der Waals surface area contributed by atoms with Gasteiger partial charge in [-0.2, -0.15) is 0 Å². The van der Waals surface area contributed by atoms with E-state index in [0.29, 0.717) is 12.4 Å². The quantitative estimate of drug-likeness (QED) is 0.834. The van der Waals surface area contributed by atoms with Crippen molar-refractivity contribution in [2.24, 2.45) is 0 Å². The van der Waals surface area contributed by atoms with Gasteiger partial charge in [-0.1, -0.05) is 12.1 Å². The zero-order chi connectivity index (χ0) is 16.9. The lowest BCUT2D eigenvalue weighted by atomic mass is 10.0. The van der Waals surface area contributed by atoms with Crippen molar-refractivity contribution in [2.75, 3.05) is 20.2 Å². The van der Waals surface area contributed by atoms with E-state index in [1.807, 2.05) is 18.4 Å². The van der Waals surface area contributed by atoms with Crippen LogP contribution in [0.25, 0.3) is 0 Å². The molecule has 0 spiro atoms. The Morgan fingerprint density at radius 1 is 1.33 bits per heavy atom. The van der Waals surface area contributed by atoms with Gasteiger partial charge in [-0.25, -0.2) is 9.78 Å². The molecule has 0 amide bonds. The summed E-state index contributed by atoms with van der Waals surface area (Å²) < 4.78 is 5.65. The van der Waals surface area contributed by atoms with Crippen molar-refractivity contribution in [1.82, 2.24) is 9.88 Å². The Kier molecular flexibility index (Phi) is 5.48. The Morgan fingerprint density at radius 3 is 2.92 bits per heavy atom. The Balaban J connectivity index is 1.50. The average Bonchev–Trinajstić information content (AvgIpc) is 2.97. The number of hydrogen-bond donors (Lipinski definition) is 1. The minimum absolute atomic E-state index is 0.202. The molecule has 1 aromatic heterocycles. The number of hydrogen-bond acceptors (Lipinski definition) is 5. The molecule has 128 valence electrons. The van der Waals surface area contributed by atoms with Crippen LogP contribution in [-0.2, 0) is 19.4 Å². The van der Waals surface area contributed by atoms with Crippen LogP contribution >= 0.6 is 11.3 Å². The highest BCUT2D eigenvalue weighted by Crippen LogP contribution is 2.27. The van der Waals surface area contributed by atoms with E-state index >= 15 is 0 Å². The van der Waals surface area contributed by atoms with Crippen LogP contribution in [-0.4, -0.2) is 41.2 Å². The predicted octanol–water partition coefficient (Wildman–Crippen LogP) is 3.23. The van der Waals surface area contributed by atoms with Gasteiger partial charge in [-0.15, -0.1) is 11.3 Å². The fraction of sp³-hybridized carbons (Fsp3) is 0.444. The average molecular weight is 346 g/mol. The summed E-state index contributed by atoms with van der Waals surface area (Å²) >= 11 is 1.83. The molecule has 0 saturated heterocycles. The monoisotopic (exact) mass is 346 g/mol. The number of nitrogens with zero attached hydrogens (tertiary/aromatic N) is 2. The van der Waals surface area contributed by atoms with E-state index in [2.05, 4.69) is 4.90 Å².